The van der Waals surface area contributed by atoms with Crippen molar-refractivity contribution < 1.29 is 9.53 Å². The van der Waals surface area contributed by atoms with Crippen molar-refractivity contribution in [2.45, 2.75) is 25.4 Å². The van der Waals surface area contributed by atoms with E-state index in [4.69, 9.17) is 4.74 Å². The number of carbonyl (C=O) groups is 1. The number of nitrogens with one attached hydrogen (secondary N) is 1. The van der Waals surface area contributed by atoms with E-state index in [0.29, 0.717) is 12.3 Å². The molecule has 2 aromatic rings. The van der Waals surface area contributed by atoms with Crippen LogP contribution >= 0.6 is 11.8 Å². The van der Waals surface area contributed by atoms with Crippen LogP contribution in [0.4, 0.5) is 0 Å². The molecule has 2 heterocycles. The highest BCUT2D eigenvalue weighted by molar-refractivity contribution is 7.99. The zero-order valence-corrected chi connectivity index (χ0v) is 16.9. The maximum absolute atomic E-state index is 12.2. The van der Waals surface area contributed by atoms with Gasteiger partial charge in [-0.05, 0) is 44.0 Å². The van der Waals surface area contributed by atoms with E-state index >= 15 is 0 Å². The molecule has 6 nitrogen and oxygen atoms in total. The van der Waals surface area contributed by atoms with Crippen molar-refractivity contribution in [3.05, 3.63) is 41.7 Å². The molecule has 0 aliphatic carbocycles. The first-order chi connectivity index (χ1) is 13.1. The topological polar surface area (TPSA) is 59.4 Å². The van der Waals surface area contributed by atoms with Crippen LogP contribution in [0.3, 0.4) is 0 Å². The Balaban J connectivity index is 1.44. The highest BCUT2D eigenvalue weighted by Crippen LogP contribution is 2.24. The number of aryl methyl sites for hydroxylation is 1. The highest BCUT2D eigenvalue weighted by Gasteiger charge is 2.12. The number of amides is 1. The van der Waals surface area contributed by atoms with Crippen molar-refractivity contribution >= 4 is 17.7 Å². The van der Waals surface area contributed by atoms with Crippen LogP contribution in [0.25, 0.3) is 5.69 Å². The van der Waals surface area contributed by atoms with Crippen LogP contribution in [0, 0.1) is 13.8 Å². The van der Waals surface area contributed by atoms with Crippen LogP contribution < -0.4 is 5.32 Å². The first kappa shape index (κ1) is 19.9. The molecular weight excluding hydrogens is 360 g/mol. The molecule has 0 unspecified atom stereocenters. The van der Waals surface area contributed by atoms with Crippen LogP contribution in [0.2, 0.25) is 0 Å². The molecule has 146 valence electrons. The van der Waals surface area contributed by atoms with Crippen molar-refractivity contribution in [2.24, 2.45) is 0 Å². The number of ether oxygens (including phenoxy) is 1. The van der Waals surface area contributed by atoms with E-state index in [1.54, 1.807) is 6.20 Å². The molecule has 0 spiro atoms. The van der Waals surface area contributed by atoms with E-state index in [9.17, 15) is 4.79 Å². The van der Waals surface area contributed by atoms with Gasteiger partial charge in [-0.3, -0.25) is 14.3 Å². The lowest BCUT2D eigenvalue weighted by Crippen LogP contribution is -2.38. The van der Waals surface area contributed by atoms with Gasteiger partial charge in [-0.15, -0.1) is 0 Å². The van der Waals surface area contributed by atoms with Crippen molar-refractivity contribution in [3.63, 3.8) is 0 Å². The molecule has 1 aromatic heterocycles. The quantitative estimate of drug-likeness (QED) is 0.556. The molecule has 1 saturated heterocycles. The number of imidazole rings is 1. The third-order valence-electron chi connectivity index (χ3n) is 4.85. The molecule has 1 aromatic carbocycles. The Morgan fingerprint density at radius 3 is 2.93 bits per heavy atom. The molecule has 3 rings (SSSR count). The molecule has 1 fully saturated rings. The minimum atomic E-state index is 0.0532. The zero-order chi connectivity index (χ0) is 19.1. The van der Waals surface area contributed by atoms with Crippen molar-refractivity contribution in [3.8, 4) is 5.69 Å². The Morgan fingerprint density at radius 1 is 1.30 bits per heavy atom. The van der Waals surface area contributed by atoms with Gasteiger partial charge in [0, 0.05) is 32.0 Å². The van der Waals surface area contributed by atoms with E-state index < -0.39 is 0 Å². The van der Waals surface area contributed by atoms with Gasteiger partial charge in [0.25, 0.3) is 0 Å². The summed E-state index contributed by atoms with van der Waals surface area (Å²) in [6, 6.07) is 6.24. The fraction of sp³-hybridized carbons (Fsp3) is 0.500. The number of hydrogen-bond donors (Lipinski definition) is 1. The third-order valence-corrected chi connectivity index (χ3v) is 5.82. The SMILES string of the molecule is Cc1cccc(-n2ccnc2SCC(=O)NCCCN2CCOCC2)c1C. The second-order valence-corrected chi connectivity index (χ2v) is 7.69. The van der Waals surface area contributed by atoms with Gasteiger partial charge < -0.3 is 10.1 Å². The molecule has 1 aliphatic rings. The predicted octanol–water partition coefficient (Wildman–Crippen LogP) is 2.42. The fourth-order valence-corrected chi connectivity index (χ4v) is 3.91. The molecular formula is C20H28N4O2S. The van der Waals surface area contributed by atoms with Crippen molar-refractivity contribution in [1.29, 1.82) is 0 Å². The summed E-state index contributed by atoms with van der Waals surface area (Å²) in [6.45, 7) is 9.55. The van der Waals surface area contributed by atoms with E-state index in [2.05, 4.69) is 45.7 Å². The van der Waals surface area contributed by atoms with Crippen molar-refractivity contribution in [2.75, 3.05) is 45.1 Å². The maximum atomic E-state index is 12.2. The average Bonchev–Trinajstić information content (AvgIpc) is 3.15. The fourth-order valence-electron chi connectivity index (χ4n) is 3.11. The number of benzene rings is 1. The average molecular weight is 389 g/mol. The van der Waals surface area contributed by atoms with Crippen molar-refractivity contribution in [1.82, 2.24) is 19.8 Å². The zero-order valence-electron chi connectivity index (χ0n) is 16.1. The molecule has 1 amide bonds. The minimum Gasteiger partial charge on any atom is -0.379 e. The van der Waals surface area contributed by atoms with Gasteiger partial charge >= 0.3 is 0 Å². The maximum Gasteiger partial charge on any atom is 0.230 e. The summed E-state index contributed by atoms with van der Waals surface area (Å²) in [4.78, 5) is 19.0. The van der Waals surface area contributed by atoms with E-state index in [1.165, 1.54) is 22.9 Å². The van der Waals surface area contributed by atoms with Gasteiger partial charge in [-0.2, -0.15) is 0 Å². The van der Waals surface area contributed by atoms with E-state index in [0.717, 1.165) is 50.1 Å². The minimum absolute atomic E-state index is 0.0532. The molecule has 27 heavy (non-hydrogen) atoms. The van der Waals surface area contributed by atoms with Gasteiger partial charge in [0.1, 0.15) is 0 Å². The molecule has 7 heteroatoms. The van der Waals surface area contributed by atoms with Gasteiger partial charge in [-0.1, -0.05) is 23.9 Å². The summed E-state index contributed by atoms with van der Waals surface area (Å²) in [6.07, 6.45) is 4.70. The number of thioether (sulfide) groups is 1. The summed E-state index contributed by atoms with van der Waals surface area (Å²) in [5, 5.41) is 3.85. The van der Waals surface area contributed by atoms with Crippen LogP contribution in [0.5, 0.6) is 0 Å². The van der Waals surface area contributed by atoms with Crippen LogP contribution in [0.15, 0.2) is 35.7 Å². The van der Waals surface area contributed by atoms with Gasteiger partial charge in [-0.25, -0.2) is 4.98 Å². The molecule has 1 N–H and O–H groups in total. The number of aromatic nitrogens is 2. The molecule has 1 aliphatic heterocycles. The number of hydrogen-bond acceptors (Lipinski definition) is 5. The normalized spacial score (nSPS) is 15.0. The smallest absolute Gasteiger partial charge is 0.230 e. The van der Waals surface area contributed by atoms with E-state index in [1.807, 2.05) is 12.3 Å². The number of rotatable bonds is 8. The lowest BCUT2D eigenvalue weighted by Gasteiger charge is -2.26. The monoisotopic (exact) mass is 388 g/mol. The summed E-state index contributed by atoms with van der Waals surface area (Å²) in [5.74, 6) is 0.428. The Hall–Kier alpha value is -1.83. The number of nitrogens with zero attached hydrogens (tertiary/aromatic N) is 3. The Labute approximate surface area is 165 Å². The second-order valence-electron chi connectivity index (χ2n) is 6.75. The Bertz CT molecular complexity index is 756. The Kier molecular flexibility index (Phi) is 7.32. The predicted molar refractivity (Wildman–Crippen MR) is 109 cm³/mol. The summed E-state index contributed by atoms with van der Waals surface area (Å²) in [5.41, 5.74) is 3.58. The standard InChI is InChI=1S/C20H28N4O2S/c1-16-5-3-6-18(17(16)2)24-10-8-22-20(24)27-15-19(25)21-7-4-9-23-11-13-26-14-12-23/h3,5-6,8,10H,4,7,9,11-15H2,1-2H3,(H,21,25). The summed E-state index contributed by atoms with van der Waals surface area (Å²) < 4.78 is 7.40. The summed E-state index contributed by atoms with van der Waals surface area (Å²) >= 11 is 1.47. The van der Waals surface area contributed by atoms with Gasteiger partial charge in [0.2, 0.25) is 5.91 Å². The first-order valence-electron chi connectivity index (χ1n) is 9.44. The second kappa shape index (κ2) is 9.92. The lowest BCUT2D eigenvalue weighted by molar-refractivity contribution is -0.118. The van der Waals surface area contributed by atoms with Gasteiger partial charge in [0.05, 0.1) is 24.7 Å². The largest absolute Gasteiger partial charge is 0.379 e. The lowest BCUT2D eigenvalue weighted by atomic mass is 10.1. The summed E-state index contributed by atoms with van der Waals surface area (Å²) in [7, 11) is 0. The van der Waals surface area contributed by atoms with Crippen LogP contribution in [-0.2, 0) is 9.53 Å². The number of morpholine rings is 1. The highest BCUT2D eigenvalue weighted by atomic mass is 32.2. The number of carbonyl (C=O) groups excluding carboxylic acids is 1. The van der Waals surface area contributed by atoms with Gasteiger partial charge in [0.15, 0.2) is 5.16 Å². The molecule has 0 bridgehead atoms. The first-order valence-corrected chi connectivity index (χ1v) is 10.4. The van der Waals surface area contributed by atoms with Crippen LogP contribution in [0.1, 0.15) is 17.5 Å². The molecule has 0 saturated carbocycles. The molecule has 0 radical (unpaired) electrons. The molecule has 0 atom stereocenters. The Morgan fingerprint density at radius 2 is 2.11 bits per heavy atom. The van der Waals surface area contributed by atoms with Crippen LogP contribution in [-0.4, -0.2) is 65.5 Å². The van der Waals surface area contributed by atoms with E-state index in [-0.39, 0.29) is 5.91 Å². The third kappa shape index (κ3) is 5.57.